The van der Waals surface area contributed by atoms with Gasteiger partial charge in [-0.3, -0.25) is 4.79 Å². The second kappa shape index (κ2) is 3.18. The third-order valence-corrected chi connectivity index (χ3v) is 4.27. The van der Waals surface area contributed by atoms with Gasteiger partial charge >= 0.3 is 0 Å². The van der Waals surface area contributed by atoms with Gasteiger partial charge < -0.3 is 4.79 Å². The Morgan fingerprint density at radius 3 is 2.86 bits per heavy atom. The molecule has 0 N–H and O–H groups in total. The molecule has 2 nitrogen and oxygen atoms in total. The lowest BCUT2D eigenvalue weighted by atomic mass is 9.89. The summed E-state index contributed by atoms with van der Waals surface area (Å²) in [5.74, 6) is 1.96. The fourth-order valence-corrected chi connectivity index (χ4v) is 3.16. The van der Waals surface area contributed by atoms with Gasteiger partial charge in [-0.2, -0.15) is 0 Å². The third kappa shape index (κ3) is 1.51. The van der Waals surface area contributed by atoms with Crippen molar-refractivity contribution in [2.24, 2.45) is 17.3 Å². The molecule has 0 aromatic heterocycles. The van der Waals surface area contributed by atoms with Gasteiger partial charge in [0.15, 0.2) is 0 Å². The van der Waals surface area contributed by atoms with Crippen molar-refractivity contribution in [1.29, 1.82) is 0 Å². The first-order valence-electron chi connectivity index (χ1n) is 5.55. The van der Waals surface area contributed by atoms with E-state index in [1.165, 1.54) is 0 Å². The molecule has 2 rings (SSSR count). The fraction of sp³-hybridized carbons (Fsp3) is 0.833. The van der Waals surface area contributed by atoms with Crippen LogP contribution in [0.25, 0.3) is 0 Å². The number of carbonyl (C=O) groups is 2. The van der Waals surface area contributed by atoms with Crippen LogP contribution in [0.3, 0.4) is 0 Å². The molecule has 0 aromatic carbocycles. The average Bonchev–Trinajstić information content (AvgIpc) is 2.67. The van der Waals surface area contributed by atoms with Crippen molar-refractivity contribution in [3.05, 3.63) is 0 Å². The molecule has 0 bridgehead atoms. The SMILES string of the molecule is CC(=O)CC[C@H]1[C@@H]2CC(=O)CC[C@]12C. The molecule has 2 aliphatic rings. The monoisotopic (exact) mass is 194 g/mol. The van der Waals surface area contributed by atoms with Gasteiger partial charge in [-0.05, 0) is 37.0 Å². The summed E-state index contributed by atoms with van der Waals surface area (Å²) < 4.78 is 0. The van der Waals surface area contributed by atoms with Crippen LogP contribution in [0.2, 0.25) is 0 Å². The Hall–Kier alpha value is -0.660. The predicted octanol–water partition coefficient (Wildman–Crippen LogP) is 2.36. The molecule has 2 heteroatoms. The summed E-state index contributed by atoms with van der Waals surface area (Å²) in [5, 5.41) is 0. The molecule has 0 saturated heterocycles. The van der Waals surface area contributed by atoms with Crippen LogP contribution in [0.1, 0.15) is 46.0 Å². The molecule has 78 valence electrons. The Balaban J connectivity index is 1.91. The van der Waals surface area contributed by atoms with Crippen molar-refractivity contribution in [1.82, 2.24) is 0 Å². The van der Waals surface area contributed by atoms with E-state index in [4.69, 9.17) is 0 Å². The van der Waals surface area contributed by atoms with Crippen LogP contribution in [-0.4, -0.2) is 11.6 Å². The number of Topliss-reactive ketones (excluding diaryl/α,β-unsaturated/α-hetero) is 2. The standard InChI is InChI=1S/C12H18O2/c1-8(13)3-4-10-11-7-9(14)5-6-12(10,11)2/h10-11H,3-7H2,1-2H3/t10-,11-,12+/m0/s1. The van der Waals surface area contributed by atoms with E-state index in [2.05, 4.69) is 6.92 Å². The normalized spacial score (nSPS) is 40.6. The van der Waals surface area contributed by atoms with Gasteiger partial charge in [0, 0.05) is 19.3 Å². The summed E-state index contributed by atoms with van der Waals surface area (Å²) in [5.41, 5.74) is 0.406. The number of ketones is 2. The number of hydrogen-bond donors (Lipinski definition) is 0. The minimum atomic E-state index is 0.281. The fourth-order valence-electron chi connectivity index (χ4n) is 3.16. The zero-order valence-corrected chi connectivity index (χ0v) is 9.01. The van der Waals surface area contributed by atoms with E-state index < -0.39 is 0 Å². The van der Waals surface area contributed by atoms with E-state index in [1.807, 2.05) is 0 Å². The number of carbonyl (C=O) groups excluding carboxylic acids is 2. The lowest BCUT2D eigenvalue weighted by Gasteiger charge is -2.15. The van der Waals surface area contributed by atoms with Gasteiger partial charge in [-0.15, -0.1) is 0 Å². The number of fused-ring (bicyclic) bond motifs is 1. The lowest BCUT2D eigenvalue weighted by Crippen LogP contribution is -2.12. The highest BCUT2D eigenvalue weighted by molar-refractivity contribution is 5.80. The van der Waals surface area contributed by atoms with Gasteiger partial charge in [-0.1, -0.05) is 6.92 Å². The zero-order valence-electron chi connectivity index (χ0n) is 9.01. The van der Waals surface area contributed by atoms with E-state index in [1.54, 1.807) is 6.92 Å². The van der Waals surface area contributed by atoms with Crippen LogP contribution >= 0.6 is 0 Å². The number of hydrogen-bond acceptors (Lipinski definition) is 2. The van der Waals surface area contributed by atoms with Crippen molar-refractivity contribution >= 4 is 11.6 Å². The molecule has 0 unspecified atom stereocenters. The van der Waals surface area contributed by atoms with Crippen LogP contribution in [-0.2, 0) is 9.59 Å². The molecule has 0 aliphatic heterocycles. The average molecular weight is 194 g/mol. The number of rotatable bonds is 3. The molecule has 14 heavy (non-hydrogen) atoms. The van der Waals surface area contributed by atoms with Crippen LogP contribution in [0.15, 0.2) is 0 Å². The molecule has 0 spiro atoms. The molecule has 0 heterocycles. The highest BCUT2D eigenvalue weighted by Gasteiger charge is 2.61. The van der Waals surface area contributed by atoms with E-state index in [0.717, 1.165) is 25.7 Å². The van der Waals surface area contributed by atoms with Crippen molar-refractivity contribution in [2.75, 3.05) is 0 Å². The van der Waals surface area contributed by atoms with Crippen LogP contribution in [0.4, 0.5) is 0 Å². The minimum Gasteiger partial charge on any atom is -0.300 e. The second-order valence-corrected chi connectivity index (χ2v) is 5.20. The first-order chi connectivity index (χ1) is 6.54. The molecule has 2 saturated carbocycles. The van der Waals surface area contributed by atoms with Crippen molar-refractivity contribution in [3.63, 3.8) is 0 Å². The van der Waals surface area contributed by atoms with Crippen molar-refractivity contribution in [2.45, 2.75) is 46.0 Å². The quantitative estimate of drug-likeness (QED) is 0.691. The zero-order chi connectivity index (χ0) is 10.3. The van der Waals surface area contributed by atoms with Crippen LogP contribution < -0.4 is 0 Å². The Morgan fingerprint density at radius 2 is 2.29 bits per heavy atom. The molecule has 0 radical (unpaired) electrons. The predicted molar refractivity (Wildman–Crippen MR) is 53.9 cm³/mol. The summed E-state index contributed by atoms with van der Waals surface area (Å²) >= 11 is 0. The van der Waals surface area contributed by atoms with Gasteiger partial charge in [0.05, 0.1) is 0 Å². The van der Waals surface area contributed by atoms with E-state index in [9.17, 15) is 9.59 Å². The largest absolute Gasteiger partial charge is 0.300 e. The topological polar surface area (TPSA) is 34.1 Å². The van der Waals surface area contributed by atoms with E-state index in [0.29, 0.717) is 29.5 Å². The van der Waals surface area contributed by atoms with Gasteiger partial charge in [0.2, 0.25) is 0 Å². The van der Waals surface area contributed by atoms with Crippen LogP contribution in [0, 0.1) is 17.3 Å². The van der Waals surface area contributed by atoms with E-state index >= 15 is 0 Å². The first-order valence-corrected chi connectivity index (χ1v) is 5.55. The maximum atomic E-state index is 11.3. The highest BCUT2D eigenvalue weighted by atomic mass is 16.1. The summed E-state index contributed by atoms with van der Waals surface area (Å²) in [6.07, 6.45) is 4.30. The Morgan fingerprint density at radius 1 is 1.57 bits per heavy atom. The van der Waals surface area contributed by atoms with Crippen molar-refractivity contribution in [3.8, 4) is 0 Å². The molecule has 2 fully saturated rings. The third-order valence-electron chi connectivity index (χ3n) is 4.27. The molecular formula is C12H18O2. The molecule has 3 atom stereocenters. The smallest absolute Gasteiger partial charge is 0.133 e. The molecule has 0 aromatic rings. The second-order valence-electron chi connectivity index (χ2n) is 5.20. The molecule has 2 aliphatic carbocycles. The summed E-state index contributed by atoms with van der Waals surface area (Å²) in [6, 6.07) is 0. The summed E-state index contributed by atoms with van der Waals surface area (Å²) in [7, 11) is 0. The Bertz CT molecular complexity index is 282. The van der Waals surface area contributed by atoms with Crippen molar-refractivity contribution < 1.29 is 9.59 Å². The first kappa shape index (κ1) is 9.88. The summed E-state index contributed by atoms with van der Waals surface area (Å²) in [6.45, 7) is 3.94. The Labute approximate surface area is 85.1 Å². The van der Waals surface area contributed by atoms with Gasteiger partial charge in [-0.25, -0.2) is 0 Å². The van der Waals surface area contributed by atoms with Gasteiger partial charge in [0.25, 0.3) is 0 Å². The highest BCUT2D eigenvalue weighted by Crippen LogP contribution is 2.66. The lowest BCUT2D eigenvalue weighted by molar-refractivity contribution is -0.121. The maximum absolute atomic E-state index is 11.3. The maximum Gasteiger partial charge on any atom is 0.133 e. The Kier molecular flexibility index (Phi) is 2.24. The van der Waals surface area contributed by atoms with E-state index in [-0.39, 0.29) is 5.78 Å². The van der Waals surface area contributed by atoms with Gasteiger partial charge in [0.1, 0.15) is 11.6 Å². The molecular weight excluding hydrogens is 176 g/mol. The minimum absolute atomic E-state index is 0.281. The van der Waals surface area contributed by atoms with Crippen LogP contribution in [0.5, 0.6) is 0 Å². The molecule has 0 amide bonds. The summed E-state index contributed by atoms with van der Waals surface area (Å²) in [4.78, 5) is 22.1.